The van der Waals surface area contributed by atoms with Crippen molar-refractivity contribution >= 4 is 17.5 Å². The van der Waals surface area contributed by atoms with Gasteiger partial charge in [0.05, 0.1) is 6.04 Å². The van der Waals surface area contributed by atoms with Gasteiger partial charge in [0.1, 0.15) is 11.6 Å². The Balaban J connectivity index is 1.28. The van der Waals surface area contributed by atoms with Crippen molar-refractivity contribution < 1.29 is 14.4 Å². The average Bonchev–Trinajstić information content (AvgIpc) is 3.21. The molecule has 1 amide bonds. The number of hydrogen-bond donors (Lipinski definition) is 1. The molecule has 0 heterocycles. The first-order valence-corrected chi connectivity index (χ1v) is 14.6. The SMILES string of the molecule is CC[C@H](NC(=O)C[C@@H](C)[C@H]1CC[C@H]2[C@@H]3C(=O)C[C@@H]4CC(=O)CC[C@]4(C)[C@H]3CC[C@]12C)c1ccccc1. The third-order valence-corrected chi connectivity index (χ3v) is 11.5. The van der Waals surface area contributed by atoms with Crippen LogP contribution in [0, 0.1) is 46.3 Å². The molecule has 4 aliphatic rings. The highest BCUT2D eigenvalue weighted by atomic mass is 16.2. The van der Waals surface area contributed by atoms with E-state index < -0.39 is 0 Å². The zero-order valence-corrected chi connectivity index (χ0v) is 22.7. The van der Waals surface area contributed by atoms with Crippen LogP contribution in [0.2, 0.25) is 0 Å². The second-order valence-electron chi connectivity index (χ2n) is 13.2. The third-order valence-electron chi connectivity index (χ3n) is 11.5. The molecule has 0 spiro atoms. The molecule has 4 fully saturated rings. The summed E-state index contributed by atoms with van der Waals surface area (Å²) in [4.78, 5) is 38.9. The van der Waals surface area contributed by atoms with Crippen molar-refractivity contribution in [1.29, 1.82) is 0 Å². The molecule has 1 aromatic carbocycles. The molecule has 0 saturated heterocycles. The summed E-state index contributed by atoms with van der Waals surface area (Å²) in [6.07, 6.45) is 8.82. The van der Waals surface area contributed by atoms with Gasteiger partial charge < -0.3 is 5.32 Å². The molecular weight excluding hydrogens is 446 g/mol. The molecule has 0 radical (unpaired) electrons. The average molecular weight is 492 g/mol. The molecule has 0 aromatic heterocycles. The Morgan fingerprint density at radius 1 is 1.00 bits per heavy atom. The standard InChI is InChI=1S/C32H45NO3/c1-5-27(21-9-7-6-8-10-21)33-29(36)17-20(2)24-11-12-25-30-26(14-16-32(24,25)4)31(3)15-13-23(34)18-22(31)19-28(30)35/h6-10,20,22,24-27,30H,5,11-19H2,1-4H3,(H,33,36)/t20-,22+,24-,25+,26+,27+,30+,31+,32-/m1/s1. The Morgan fingerprint density at radius 3 is 2.44 bits per heavy atom. The number of benzene rings is 1. The number of carbonyl (C=O) groups is 3. The normalized spacial score (nSPS) is 39.5. The minimum absolute atomic E-state index is 0.0594. The van der Waals surface area contributed by atoms with Gasteiger partial charge in [-0.2, -0.15) is 0 Å². The van der Waals surface area contributed by atoms with Crippen LogP contribution >= 0.6 is 0 Å². The van der Waals surface area contributed by atoms with E-state index in [1.165, 1.54) is 5.56 Å². The van der Waals surface area contributed by atoms with Crippen LogP contribution in [0.25, 0.3) is 0 Å². The fourth-order valence-corrected chi connectivity index (χ4v) is 9.49. The molecule has 5 rings (SSSR count). The summed E-state index contributed by atoms with van der Waals surface area (Å²) in [6.45, 7) is 9.22. The van der Waals surface area contributed by atoms with Crippen LogP contribution in [0.15, 0.2) is 30.3 Å². The second kappa shape index (κ2) is 9.72. The van der Waals surface area contributed by atoms with Crippen LogP contribution < -0.4 is 5.32 Å². The van der Waals surface area contributed by atoms with Crippen LogP contribution in [-0.4, -0.2) is 17.5 Å². The van der Waals surface area contributed by atoms with Gasteiger partial charge in [-0.15, -0.1) is 0 Å². The number of Topliss-reactive ketones (excluding diaryl/α,β-unsaturated/α-hetero) is 2. The Kier molecular flexibility index (Phi) is 6.93. The Labute approximate surface area is 217 Å². The summed E-state index contributed by atoms with van der Waals surface area (Å²) < 4.78 is 0. The predicted octanol–water partition coefficient (Wildman–Crippen LogP) is 6.69. The summed E-state index contributed by atoms with van der Waals surface area (Å²) in [5, 5.41) is 3.29. The fourth-order valence-electron chi connectivity index (χ4n) is 9.49. The minimum atomic E-state index is 0.0594. The second-order valence-corrected chi connectivity index (χ2v) is 13.2. The van der Waals surface area contributed by atoms with Gasteiger partial charge in [0.2, 0.25) is 5.91 Å². The summed E-state index contributed by atoms with van der Waals surface area (Å²) in [5.74, 6) is 3.01. The molecule has 36 heavy (non-hydrogen) atoms. The van der Waals surface area contributed by atoms with Crippen LogP contribution in [0.1, 0.15) is 104 Å². The number of rotatable bonds is 6. The molecule has 0 aliphatic heterocycles. The van der Waals surface area contributed by atoms with Crippen LogP contribution in [0.4, 0.5) is 0 Å². The van der Waals surface area contributed by atoms with Crippen LogP contribution in [0.5, 0.6) is 0 Å². The van der Waals surface area contributed by atoms with Crippen molar-refractivity contribution in [3.8, 4) is 0 Å². The lowest BCUT2D eigenvalue weighted by Gasteiger charge is -2.59. The maximum absolute atomic E-state index is 13.6. The quantitative estimate of drug-likeness (QED) is 0.482. The van der Waals surface area contributed by atoms with Crippen molar-refractivity contribution in [3.63, 3.8) is 0 Å². The van der Waals surface area contributed by atoms with E-state index in [4.69, 9.17) is 0 Å². The molecular formula is C32H45NO3. The predicted molar refractivity (Wildman–Crippen MR) is 142 cm³/mol. The van der Waals surface area contributed by atoms with Crippen molar-refractivity contribution in [2.75, 3.05) is 0 Å². The largest absolute Gasteiger partial charge is 0.349 e. The number of hydrogen-bond acceptors (Lipinski definition) is 3. The Hall–Kier alpha value is -1.97. The van der Waals surface area contributed by atoms with Crippen molar-refractivity contribution in [2.45, 2.75) is 97.9 Å². The van der Waals surface area contributed by atoms with Crippen molar-refractivity contribution in [2.24, 2.45) is 46.3 Å². The lowest BCUT2D eigenvalue weighted by molar-refractivity contribution is -0.159. The van der Waals surface area contributed by atoms with E-state index in [-0.39, 0.29) is 34.6 Å². The van der Waals surface area contributed by atoms with Crippen molar-refractivity contribution in [3.05, 3.63) is 35.9 Å². The smallest absolute Gasteiger partial charge is 0.220 e. The summed E-state index contributed by atoms with van der Waals surface area (Å²) in [6, 6.07) is 10.3. The van der Waals surface area contributed by atoms with Gasteiger partial charge in [0.15, 0.2) is 0 Å². The van der Waals surface area contributed by atoms with Crippen LogP contribution in [0.3, 0.4) is 0 Å². The van der Waals surface area contributed by atoms with Gasteiger partial charge in [-0.3, -0.25) is 14.4 Å². The Bertz CT molecular complexity index is 1000. The highest BCUT2D eigenvalue weighted by Crippen LogP contribution is 2.67. The molecule has 1 aromatic rings. The Morgan fingerprint density at radius 2 is 1.72 bits per heavy atom. The highest BCUT2D eigenvalue weighted by Gasteiger charge is 2.63. The maximum atomic E-state index is 13.6. The van der Waals surface area contributed by atoms with E-state index in [0.29, 0.717) is 60.9 Å². The topological polar surface area (TPSA) is 63.2 Å². The van der Waals surface area contributed by atoms with E-state index in [1.807, 2.05) is 18.2 Å². The zero-order chi connectivity index (χ0) is 25.7. The molecule has 4 aliphatic carbocycles. The van der Waals surface area contributed by atoms with E-state index in [0.717, 1.165) is 38.5 Å². The maximum Gasteiger partial charge on any atom is 0.220 e. The lowest BCUT2D eigenvalue weighted by atomic mass is 9.44. The van der Waals surface area contributed by atoms with Crippen molar-refractivity contribution in [1.82, 2.24) is 5.32 Å². The van der Waals surface area contributed by atoms with E-state index in [9.17, 15) is 14.4 Å². The molecule has 4 heteroatoms. The lowest BCUT2D eigenvalue weighted by Crippen LogP contribution is -2.57. The fraction of sp³-hybridized carbons (Fsp3) is 0.719. The van der Waals surface area contributed by atoms with Crippen LogP contribution in [-0.2, 0) is 14.4 Å². The van der Waals surface area contributed by atoms with E-state index >= 15 is 0 Å². The van der Waals surface area contributed by atoms with E-state index in [2.05, 4.69) is 45.1 Å². The summed E-state index contributed by atoms with van der Waals surface area (Å²) in [7, 11) is 0. The number of amides is 1. The molecule has 1 N–H and O–H groups in total. The number of nitrogens with one attached hydrogen (secondary N) is 1. The van der Waals surface area contributed by atoms with E-state index in [1.54, 1.807) is 0 Å². The summed E-state index contributed by atoms with van der Waals surface area (Å²) in [5.41, 5.74) is 1.44. The van der Waals surface area contributed by atoms with Gasteiger partial charge in [-0.1, -0.05) is 58.0 Å². The van der Waals surface area contributed by atoms with Gasteiger partial charge in [0, 0.05) is 31.6 Å². The van der Waals surface area contributed by atoms with Gasteiger partial charge in [-0.25, -0.2) is 0 Å². The van der Waals surface area contributed by atoms with Gasteiger partial charge in [0.25, 0.3) is 0 Å². The number of carbonyl (C=O) groups excluding carboxylic acids is 3. The molecule has 196 valence electrons. The highest BCUT2D eigenvalue weighted by molar-refractivity contribution is 5.86. The first-order valence-electron chi connectivity index (χ1n) is 14.6. The van der Waals surface area contributed by atoms with Gasteiger partial charge >= 0.3 is 0 Å². The summed E-state index contributed by atoms with van der Waals surface area (Å²) >= 11 is 0. The monoisotopic (exact) mass is 491 g/mol. The first kappa shape index (κ1) is 25.7. The molecule has 0 unspecified atom stereocenters. The molecule has 4 nitrogen and oxygen atoms in total. The number of fused-ring (bicyclic) bond motifs is 5. The molecule has 0 bridgehead atoms. The molecule has 9 atom stereocenters. The first-order chi connectivity index (χ1) is 17.2. The zero-order valence-electron chi connectivity index (χ0n) is 22.7. The third kappa shape index (κ3) is 4.27. The van der Waals surface area contributed by atoms with Gasteiger partial charge in [-0.05, 0) is 84.5 Å². The molecule has 4 saturated carbocycles. The number of ketones is 2. The minimum Gasteiger partial charge on any atom is -0.349 e.